The van der Waals surface area contributed by atoms with Crippen LogP contribution in [0.4, 0.5) is 0 Å². The molecule has 1 aromatic heterocycles. The quantitative estimate of drug-likeness (QED) is 0.850. The lowest BCUT2D eigenvalue weighted by Gasteiger charge is -2.27. The average Bonchev–Trinajstić information content (AvgIpc) is 2.61. The second kappa shape index (κ2) is 7.05. The Morgan fingerprint density at radius 2 is 2.21 bits per heavy atom. The van der Waals surface area contributed by atoms with Crippen molar-refractivity contribution in [2.45, 2.75) is 19.4 Å². The van der Waals surface area contributed by atoms with Crippen molar-refractivity contribution in [2.75, 3.05) is 19.5 Å². The van der Waals surface area contributed by atoms with Gasteiger partial charge < -0.3 is 14.6 Å². The normalized spacial score (nSPS) is 13.5. The van der Waals surface area contributed by atoms with Gasteiger partial charge in [-0.2, -0.15) is 0 Å². The molecule has 0 saturated heterocycles. The number of para-hydroxylation sites is 1. The highest BCUT2D eigenvalue weighted by molar-refractivity contribution is 6.27. The van der Waals surface area contributed by atoms with Crippen molar-refractivity contribution < 1.29 is 9.53 Å². The highest BCUT2D eigenvalue weighted by Gasteiger charge is 2.24. The van der Waals surface area contributed by atoms with E-state index in [1.165, 1.54) is 0 Å². The van der Waals surface area contributed by atoms with Gasteiger partial charge in [-0.15, -0.1) is 11.6 Å². The highest BCUT2D eigenvalue weighted by Crippen LogP contribution is 2.20. The number of fused-ring (bicyclic) bond motifs is 1. The highest BCUT2D eigenvalue weighted by atomic mass is 35.5. The minimum atomic E-state index is -0.197. The first-order valence-corrected chi connectivity index (χ1v) is 8.22. The molecule has 2 aromatic rings. The molecule has 2 heterocycles. The predicted octanol–water partition coefficient (Wildman–Crippen LogP) is 1.49. The number of halogens is 1. The number of amides is 1. The fourth-order valence-electron chi connectivity index (χ4n) is 2.89. The fraction of sp³-hybridized carbons (Fsp3) is 0.353. The lowest BCUT2D eigenvalue weighted by molar-refractivity contribution is -0.129. The zero-order valence-electron chi connectivity index (χ0n) is 13.3. The number of hydrogen-bond acceptors (Lipinski definition) is 4. The summed E-state index contributed by atoms with van der Waals surface area (Å²) >= 11 is 5.59. The lowest BCUT2D eigenvalue weighted by Crippen LogP contribution is -2.40. The number of carbonyl (C=O) groups excluding carboxylic acids is 1. The third-order valence-electron chi connectivity index (χ3n) is 4.14. The average molecular weight is 348 g/mol. The third-order valence-corrected chi connectivity index (χ3v) is 4.36. The Bertz CT molecular complexity index is 819. The molecule has 0 saturated carbocycles. The predicted molar refractivity (Wildman–Crippen MR) is 90.5 cm³/mol. The van der Waals surface area contributed by atoms with E-state index in [0.29, 0.717) is 30.8 Å². The van der Waals surface area contributed by atoms with Crippen LogP contribution in [0.15, 0.2) is 29.1 Å². The summed E-state index contributed by atoms with van der Waals surface area (Å²) in [6, 6.07) is 7.64. The standard InChI is InChI=1S/C17H18ClN3O3/c1-24-14-5-3-2-4-11(14)8-15-19-13-6-7-21(16(22)9-18)10-12(13)17(23)20-15/h2-5H,6-10H2,1H3,(H,19,20,23). The van der Waals surface area contributed by atoms with Crippen LogP contribution in [0, 0.1) is 0 Å². The van der Waals surface area contributed by atoms with Gasteiger partial charge in [0.1, 0.15) is 17.5 Å². The van der Waals surface area contributed by atoms with Gasteiger partial charge in [-0.25, -0.2) is 4.98 Å². The molecule has 0 unspecified atom stereocenters. The van der Waals surface area contributed by atoms with Gasteiger partial charge in [0, 0.05) is 24.9 Å². The second-order valence-corrected chi connectivity index (χ2v) is 5.89. The third kappa shape index (κ3) is 3.28. The maximum Gasteiger partial charge on any atom is 0.256 e. The first kappa shape index (κ1) is 16.5. The van der Waals surface area contributed by atoms with Crippen LogP contribution in [-0.2, 0) is 24.2 Å². The summed E-state index contributed by atoms with van der Waals surface area (Å²) in [6.45, 7) is 0.793. The number of benzene rings is 1. The van der Waals surface area contributed by atoms with Crippen LogP contribution in [0.5, 0.6) is 5.75 Å². The van der Waals surface area contributed by atoms with Crippen molar-refractivity contribution >= 4 is 17.5 Å². The van der Waals surface area contributed by atoms with Crippen LogP contribution < -0.4 is 10.3 Å². The minimum absolute atomic E-state index is 0.0768. The number of alkyl halides is 1. The van der Waals surface area contributed by atoms with Crippen molar-refractivity contribution in [3.05, 3.63) is 57.3 Å². The van der Waals surface area contributed by atoms with Crippen molar-refractivity contribution in [1.29, 1.82) is 0 Å². The topological polar surface area (TPSA) is 75.3 Å². The Balaban J connectivity index is 1.88. The van der Waals surface area contributed by atoms with E-state index in [4.69, 9.17) is 16.3 Å². The van der Waals surface area contributed by atoms with Crippen molar-refractivity contribution in [3.8, 4) is 5.75 Å². The molecule has 0 aliphatic carbocycles. The van der Waals surface area contributed by atoms with E-state index >= 15 is 0 Å². The lowest BCUT2D eigenvalue weighted by atomic mass is 10.1. The number of rotatable bonds is 4. The summed E-state index contributed by atoms with van der Waals surface area (Å²) in [6.07, 6.45) is 1.04. The monoisotopic (exact) mass is 347 g/mol. The molecule has 0 fully saturated rings. The number of carbonyl (C=O) groups is 1. The van der Waals surface area contributed by atoms with Gasteiger partial charge in [0.2, 0.25) is 5.91 Å². The molecule has 1 N–H and O–H groups in total. The Labute approximate surface area is 144 Å². The molecule has 0 spiro atoms. The summed E-state index contributed by atoms with van der Waals surface area (Å²) in [7, 11) is 1.62. The van der Waals surface area contributed by atoms with E-state index in [0.717, 1.165) is 17.0 Å². The number of hydrogen-bond donors (Lipinski definition) is 1. The summed E-state index contributed by atoms with van der Waals surface area (Å²) in [5, 5.41) is 0. The summed E-state index contributed by atoms with van der Waals surface area (Å²) < 4.78 is 5.34. The van der Waals surface area contributed by atoms with Crippen LogP contribution in [-0.4, -0.2) is 40.3 Å². The Morgan fingerprint density at radius 1 is 1.42 bits per heavy atom. The zero-order valence-corrected chi connectivity index (χ0v) is 14.1. The molecule has 3 rings (SSSR count). The van der Waals surface area contributed by atoms with Gasteiger partial charge in [0.25, 0.3) is 5.56 Å². The van der Waals surface area contributed by atoms with Crippen LogP contribution in [0.2, 0.25) is 0 Å². The van der Waals surface area contributed by atoms with E-state index < -0.39 is 0 Å². The number of aromatic nitrogens is 2. The van der Waals surface area contributed by atoms with Crippen LogP contribution in [0.3, 0.4) is 0 Å². The molecule has 1 amide bonds. The number of nitrogens with one attached hydrogen (secondary N) is 1. The van der Waals surface area contributed by atoms with E-state index in [2.05, 4.69) is 9.97 Å². The fourth-order valence-corrected chi connectivity index (χ4v) is 3.06. The Morgan fingerprint density at radius 3 is 2.96 bits per heavy atom. The summed E-state index contributed by atoms with van der Waals surface area (Å²) in [5.74, 6) is 1.11. The maximum absolute atomic E-state index is 12.4. The molecule has 1 aromatic carbocycles. The zero-order chi connectivity index (χ0) is 17.1. The molecule has 0 bridgehead atoms. The van der Waals surface area contributed by atoms with Crippen LogP contribution in [0.1, 0.15) is 22.6 Å². The molecule has 126 valence electrons. The van der Waals surface area contributed by atoms with Crippen LogP contribution >= 0.6 is 11.6 Å². The molecule has 24 heavy (non-hydrogen) atoms. The van der Waals surface area contributed by atoms with Gasteiger partial charge in [-0.3, -0.25) is 9.59 Å². The van der Waals surface area contributed by atoms with E-state index in [1.54, 1.807) is 12.0 Å². The van der Waals surface area contributed by atoms with Gasteiger partial charge in [0.05, 0.1) is 24.9 Å². The van der Waals surface area contributed by atoms with Gasteiger partial charge >= 0.3 is 0 Å². The van der Waals surface area contributed by atoms with Crippen molar-refractivity contribution in [2.24, 2.45) is 0 Å². The molecule has 6 nitrogen and oxygen atoms in total. The molecule has 0 radical (unpaired) electrons. The number of methoxy groups -OCH3 is 1. The SMILES string of the molecule is COc1ccccc1Cc1nc2c(c(=O)[nH]1)CN(C(=O)CCl)CC2. The molecule has 1 aliphatic heterocycles. The Hall–Kier alpha value is -2.34. The van der Waals surface area contributed by atoms with Gasteiger partial charge in [-0.1, -0.05) is 18.2 Å². The van der Waals surface area contributed by atoms with Gasteiger partial charge in [-0.05, 0) is 6.07 Å². The molecule has 0 atom stereocenters. The minimum Gasteiger partial charge on any atom is -0.496 e. The maximum atomic E-state index is 12.4. The van der Waals surface area contributed by atoms with Crippen LogP contribution in [0.25, 0.3) is 0 Å². The second-order valence-electron chi connectivity index (χ2n) is 5.63. The first-order valence-electron chi connectivity index (χ1n) is 7.69. The molecular formula is C17H18ClN3O3. The van der Waals surface area contributed by atoms with E-state index in [1.807, 2.05) is 24.3 Å². The largest absolute Gasteiger partial charge is 0.496 e. The number of ether oxygens (including phenoxy) is 1. The molecular weight excluding hydrogens is 330 g/mol. The Kier molecular flexibility index (Phi) is 4.85. The summed E-state index contributed by atoms with van der Waals surface area (Å²) in [4.78, 5) is 33.1. The molecule has 1 aliphatic rings. The smallest absolute Gasteiger partial charge is 0.256 e. The number of H-pyrrole nitrogens is 1. The van der Waals surface area contributed by atoms with Crippen molar-refractivity contribution in [1.82, 2.24) is 14.9 Å². The van der Waals surface area contributed by atoms with Crippen molar-refractivity contribution in [3.63, 3.8) is 0 Å². The summed E-state index contributed by atoms with van der Waals surface area (Å²) in [5.41, 5.74) is 2.06. The van der Waals surface area contributed by atoms with Gasteiger partial charge in [0.15, 0.2) is 0 Å². The number of aromatic amines is 1. The molecule has 7 heteroatoms. The number of nitrogens with zero attached hydrogens (tertiary/aromatic N) is 2. The van der Waals surface area contributed by atoms with E-state index in [9.17, 15) is 9.59 Å². The first-order chi connectivity index (χ1) is 11.6. The van der Waals surface area contributed by atoms with E-state index in [-0.39, 0.29) is 23.9 Å².